The van der Waals surface area contributed by atoms with Crippen molar-refractivity contribution in [2.45, 2.75) is 68.4 Å². The molecule has 272 valence electrons. The lowest BCUT2D eigenvalue weighted by atomic mass is 9.68. The standard InChI is InChI=1S/C41H47ClN4O3.2ClH/c42-36-16-14-35(15-17-36)41(49)21-27-45(28-22-41)24-8-20-40(33-10-3-1-4-11-33,34-12-5-2-6-13-34)30-38(47)44-37-18-25-46(26-19-37)39(48)29-32-9-7-23-43-31-32;;/h1-7,9-17,23,31,37,49H,8,18-22,24-30H2,(H,44,47);2*1H. The number of aromatic nitrogens is 1. The molecule has 2 saturated heterocycles. The van der Waals surface area contributed by atoms with Crippen molar-refractivity contribution in [3.63, 3.8) is 0 Å². The zero-order chi connectivity index (χ0) is 34.1. The Morgan fingerprint density at radius 1 is 0.843 bits per heavy atom. The zero-order valence-electron chi connectivity index (χ0n) is 29.0. The summed E-state index contributed by atoms with van der Waals surface area (Å²) in [5, 5.41) is 15.4. The number of nitrogens with one attached hydrogen (secondary N) is 1. The van der Waals surface area contributed by atoms with Crippen LogP contribution in [0.15, 0.2) is 109 Å². The van der Waals surface area contributed by atoms with Gasteiger partial charge in [-0.1, -0.05) is 90.5 Å². The Morgan fingerprint density at radius 2 is 1.45 bits per heavy atom. The Balaban J connectivity index is 0.00000292. The molecule has 0 saturated carbocycles. The van der Waals surface area contributed by atoms with Crippen molar-refractivity contribution in [1.82, 2.24) is 20.1 Å². The number of aliphatic hydroxyl groups is 1. The highest BCUT2D eigenvalue weighted by Crippen LogP contribution is 2.41. The Morgan fingerprint density at radius 3 is 2.02 bits per heavy atom. The van der Waals surface area contributed by atoms with Crippen LogP contribution in [0.25, 0.3) is 0 Å². The zero-order valence-corrected chi connectivity index (χ0v) is 31.4. The maximum atomic E-state index is 14.0. The van der Waals surface area contributed by atoms with E-state index in [-0.39, 0.29) is 42.7 Å². The van der Waals surface area contributed by atoms with Crippen LogP contribution in [0, 0.1) is 0 Å². The Labute approximate surface area is 319 Å². The first-order valence-corrected chi connectivity index (χ1v) is 18.0. The number of nitrogens with zero attached hydrogens (tertiary/aromatic N) is 3. The van der Waals surface area contributed by atoms with Crippen LogP contribution in [-0.4, -0.2) is 70.5 Å². The van der Waals surface area contributed by atoms with E-state index in [1.54, 1.807) is 12.4 Å². The number of benzene rings is 3. The number of hydrogen-bond acceptors (Lipinski definition) is 5. The SMILES string of the molecule is Cl.Cl.O=C(CC(CCCN1CCC(O)(c2ccc(Cl)cc2)CC1)(c1ccccc1)c1ccccc1)NC1CCN(C(=O)Cc2cccnc2)CC1. The number of pyridine rings is 1. The van der Waals surface area contributed by atoms with E-state index in [2.05, 4.69) is 63.7 Å². The van der Waals surface area contributed by atoms with Crippen molar-refractivity contribution >= 4 is 48.2 Å². The monoisotopic (exact) mass is 750 g/mol. The summed E-state index contributed by atoms with van der Waals surface area (Å²) in [6.07, 6.45) is 8.70. The van der Waals surface area contributed by atoms with Crippen LogP contribution in [0.2, 0.25) is 5.02 Å². The van der Waals surface area contributed by atoms with Gasteiger partial charge in [0.1, 0.15) is 0 Å². The fourth-order valence-corrected chi connectivity index (χ4v) is 7.80. The van der Waals surface area contributed by atoms with Crippen LogP contribution in [0.4, 0.5) is 0 Å². The molecule has 7 nitrogen and oxygen atoms in total. The molecule has 2 N–H and O–H groups in total. The van der Waals surface area contributed by atoms with Gasteiger partial charge in [-0.3, -0.25) is 14.6 Å². The highest BCUT2D eigenvalue weighted by atomic mass is 35.5. The van der Waals surface area contributed by atoms with Crippen LogP contribution >= 0.6 is 36.4 Å². The lowest BCUT2D eigenvalue weighted by Gasteiger charge is -2.40. The van der Waals surface area contributed by atoms with Crippen LogP contribution in [-0.2, 0) is 27.0 Å². The van der Waals surface area contributed by atoms with Crippen molar-refractivity contribution < 1.29 is 14.7 Å². The second-order valence-corrected chi connectivity index (χ2v) is 14.2. The van der Waals surface area contributed by atoms with Crippen LogP contribution in [0.5, 0.6) is 0 Å². The van der Waals surface area contributed by atoms with E-state index < -0.39 is 11.0 Å². The fraction of sp³-hybridized carbons (Fsp3) is 0.390. The molecule has 0 bridgehead atoms. The molecule has 6 rings (SSSR count). The number of piperidine rings is 2. The molecule has 0 unspecified atom stereocenters. The van der Waals surface area contributed by atoms with Gasteiger partial charge in [-0.05, 0) is 85.5 Å². The van der Waals surface area contributed by atoms with Gasteiger partial charge in [0.25, 0.3) is 0 Å². The van der Waals surface area contributed by atoms with Gasteiger partial charge in [-0.25, -0.2) is 0 Å². The highest BCUT2D eigenvalue weighted by Gasteiger charge is 2.38. The Bertz CT molecular complexity index is 1610. The minimum atomic E-state index is -0.834. The molecule has 3 aromatic carbocycles. The van der Waals surface area contributed by atoms with Crippen molar-refractivity contribution in [2.75, 3.05) is 32.7 Å². The number of halogens is 3. The summed E-state index contributed by atoms with van der Waals surface area (Å²) >= 11 is 6.09. The topological polar surface area (TPSA) is 85.8 Å². The van der Waals surface area contributed by atoms with E-state index in [9.17, 15) is 14.7 Å². The summed E-state index contributed by atoms with van der Waals surface area (Å²) in [6.45, 7) is 3.79. The third kappa shape index (κ3) is 10.3. The second-order valence-electron chi connectivity index (χ2n) is 13.7. The molecule has 2 amide bonds. The van der Waals surface area contributed by atoms with Gasteiger partial charge < -0.3 is 20.2 Å². The predicted octanol–water partition coefficient (Wildman–Crippen LogP) is 7.37. The lowest BCUT2D eigenvalue weighted by Crippen LogP contribution is -2.48. The van der Waals surface area contributed by atoms with Gasteiger partial charge >= 0.3 is 0 Å². The van der Waals surface area contributed by atoms with Gasteiger partial charge in [0.05, 0.1) is 12.0 Å². The molecule has 2 aliphatic rings. The van der Waals surface area contributed by atoms with Gasteiger partial charge in [-0.15, -0.1) is 24.8 Å². The van der Waals surface area contributed by atoms with Gasteiger partial charge in [0, 0.05) is 61.5 Å². The summed E-state index contributed by atoms with van der Waals surface area (Å²) in [4.78, 5) is 35.4. The smallest absolute Gasteiger partial charge is 0.227 e. The molecule has 10 heteroatoms. The van der Waals surface area contributed by atoms with Crippen molar-refractivity contribution in [3.8, 4) is 0 Å². The number of carbonyl (C=O) groups is 2. The van der Waals surface area contributed by atoms with Gasteiger partial charge in [0.2, 0.25) is 11.8 Å². The third-order valence-corrected chi connectivity index (χ3v) is 10.8. The quantitative estimate of drug-likeness (QED) is 0.158. The van der Waals surface area contributed by atoms with Gasteiger partial charge in [-0.2, -0.15) is 0 Å². The minimum Gasteiger partial charge on any atom is -0.385 e. The van der Waals surface area contributed by atoms with E-state index in [4.69, 9.17) is 11.6 Å². The molecular formula is C41H49Cl3N4O3. The Hall–Kier alpha value is -3.46. The molecule has 0 atom stereocenters. The molecule has 0 radical (unpaired) electrons. The minimum absolute atomic E-state index is 0. The number of likely N-dealkylation sites (tertiary alicyclic amines) is 2. The molecule has 3 heterocycles. The third-order valence-electron chi connectivity index (χ3n) is 10.5. The van der Waals surface area contributed by atoms with E-state index >= 15 is 0 Å². The van der Waals surface area contributed by atoms with Crippen molar-refractivity contribution in [3.05, 3.63) is 137 Å². The fourth-order valence-electron chi connectivity index (χ4n) is 7.68. The lowest BCUT2D eigenvalue weighted by molar-refractivity contribution is -0.131. The molecule has 2 fully saturated rings. The summed E-state index contributed by atoms with van der Waals surface area (Å²) in [5.74, 6) is 0.146. The predicted molar refractivity (Wildman–Crippen MR) is 209 cm³/mol. The van der Waals surface area contributed by atoms with Crippen LogP contribution in [0.1, 0.15) is 67.2 Å². The summed E-state index contributed by atoms with van der Waals surface area (Å²) < 4.78 is 0. The molecule has 0 spiro atoms. The molecule has 51 heavy (non-hydrogen) atoms. The number of amides is 2. The number of carbonyl (C=O) groups excluding carboxylic acids is 2. The Kier molecular flexibility index (Phi) is 14.9. The normalized spacial score (nSPS) is 16.4. The largest absolute Gasteiger partial charge is 0.385 e. The van der Waals surface area contributed by atoms with E-state index in [1.165, 1.54) is 0 Å². The van der Waals surface area contributed by atoms with E-state index in [1.807, 2.05) is 53.4 Å². The van der Waals surface area contributed by atoms with Crippen LogP contribution < -0.4 is 5.32 Å². The van der Waals surface area contributed by atoms with Crippen molar-refractivity contribution in [1.29, 1.82) is 0 Å². The maximum Gasteiger partial charge on any atom is 0.227 e. The van der Waals surface area contributed by atoms with E-state index in [0.717, 1.165) is 67.6 Å². The molecule has 0 aliphatic carbocycles. The maximum absolute atomic E-state index is 14.0. The first kappa shape index (κ1) is 40.3. The van der Waals surface area contributed by atoms with Crippen LogP contribution in [0.3, 0.4) is 0 Å². The van der Waals surface area contributed by atoms with Gasteiger partial charge in [0.15, 0.2) is 0 Å². The number of hydrogen-bond donors (Lipinski definition) is 2. The molecule has 2 aliphatic heterocycles. The van der Waals surface area contributed by atoms with Crippen molar-refractivity contribution in [2.24, 2.45) is 0 Å². The first-order chi connectivity index (χ1) is 23.8. The first-order valence-electron chi connectivity index (χ1n) is 17.6. The summed E-state index contributed by atoms with van der Waals surface area (Å²) in [6, 6.07) is 32.3. The summed E-state index contributed by atoms with van der Waals surface area (Å²) in [7, 11) is 0. The highest BCUT2D eigenvalue weighted by molar-refractivity contribution is 6.30. The molecule has 1 aromatic heterocycles. The second kappa shape index (κ2) is 18.9. The number of rotatable bonds is 12. The molecule has 4 aromatic rings. The summed E-state index contributed by atoms with van der Waals surface area (Å²) in [5.41, 5.74) is 2.80. The molecular weight excluding hydrogens is 703 g/mol. The van der Waals surface area contributed by atoms with E-state index in [0.29, 0.717) is 43.8 Å². The average molecular weight is 752 g/mol. The average Bonchev–Trinajstić information content (AvgIpc) is 3.14.